The Hall–Kier alpha value is -1.07. The van der Waals surface area contributed by atoms with Crippen molar-refractivity contribution in [2.75, 3.05) is 6.61 Å². The van der Waals surface area contributed by atoms with Gasteiger partial charge in [-0.15, -0.1) is 12.4 Å². The molecule has 2 rings (SSSR count). The van der Waals surface area contributed by atoms with Gasteiger partial charge in [-0.2, -0.15) is 0 Å². The Kier molecular flexibility index (Phi) is 3.49. The number of hydrogen-bond donors (Lipinski definition) is 1. The number of esters is 1. The van der Waals surface area contributed by atoms with Gasteiger partial charge in [-0.3, -0.25) is 0 Å². The van der Waals surface area contributed by atoms with E-state index in [2.05, 4.69) is 10.3 Å². The van der Waals surface area contributed by atoms with Crippen molar-refractivity contribution in [3.63, 3.8) is 0 Å². The second-order valence-corrected chi connectivity index (χ2v) is 2.71. The maximum atomic E-state index is 11.2. The number of rotatable bonds is 2. The number of fused-ring (bicyclic) bond motifs is 1. The van der Waals surface area contributed by atoms with E-state index in [1.54, 1.807) is 6.92 Å². The van der Waals surface area contributed by atoms with Crippen molar-refractivity contribution in [2.45, 2.75) is 20.0 Å². The lowest BCUT2D eigenvalue weighted by molar-refractivity contribution is 0.0478. The molecule has 0 saturated heterocycles. The zero-order valence-corrected chi connectivity index (χ0v) is 8.52. The molecule has 1 aliphatic heterocycles. The minimum Gasteiger partial charge on any atom is -0.459 e. The van der Waals surface area contributed by atoms with Gasteiger partial charge in [0.05, 0.1) is 18.8 Å². The van der Waals surface area contributed by atoms with Crippen molar-refractivity contribution >= 4 is 18.4 Å². The number of nitrogens with one attached hydrogen (secondary N) is 1. The number of oxazole rings is 1. The summed E-state index contributed by atoms with van der Waals surface area (Å²) in [6, 6.07) is 0. The minimum atomic E-state index is -0.489. The molecule has 0 atom stereocenters. The van der Waals surface area contributed by atoms with Gasteiger partial charge in [0.2, 0.25) is 0 Å². The van der Waals surface area contributed by atoms with Crippen molar-refractivity contribution in [1.82, 2.24) is 10.3 Å². The van der Waals surface area contributed by atoms with Crippen LogP contribution < -0.4 is 5.32 Å². The van der Waals surface area contributed by atoms with E-state index in [0.29, 0.717) is 19.7 Å². The topological polar surface area (TPSA) is 64.4 Å². The van der Waals surface area contributed by atoms with Gasteiger partial charge >= 0.3 is 11.9 Å². The van der Waals surface area contributed by atoms with E-state index in [1.807, 2.05) is 0 Å². The second-order valence-electron chi connectivity index (χ2n) is 2.71. The van der Waals surface area contributed by atoms with E-state index >= 15 is 0 Å². The molecule has 0 saturated carbocycles. The van der Waals surface area contributed by atoms with Crippen LogP contribution in [0.15, 0.2) is 4.42 Å². The average molecular weight is 219 g/mol. The van der Waals surface area contributed by atoms with Crippen LogP contribution in [0.2, 0.25) is 0 Å². The molecule has 5 nitrogen and oxygen atoms in total. The molecule has 0 amide bonds. The van der Waals surface area contributed by atoms with Gasteiger partial charge in [0.15, 0.2) is 0 Å². The van der Waals surface area contributed by atoms with E-state index in [9.17, 15) is 4.79 Å². The predicted octanol–water partition coefficient (Wildman–Crippen LogP) is 0.876. The maximum absolute atomic E-state index is 11.2. The third-order valence-corrected chi connectivity index (χ3v) is 1.81. The molecule has 0 unspecified atom stereocenters. The van der Waals surface area contributed by atoms with Crippen molar-refractivity contribution in [1.29, 1.82) is 0 Å². The van der Waals surface area contributed by atoms with Crippen molar-refractivity contribution in [3.05, 3.63) is 17.3 Å². The fourth-order valence-corrected chi connectivity index (χ4v) is 1.23. The zero-order chi connectivity index (χ0) is 9.26. The lowest BCUT2D eigenvalue weighted by atomic mass is 10.4. The molecule has 0 aliphatic carbocycles. The molecule has 0 aromatic carbocycles. The molecule has 0 spiro atoms. The highest BCUT2D eigenvalue weighted by Gasteiger charge is 2.22. The van der Waals surface area contributed by atoms with Gasteiger partial charge in [0, 0.05) is 6.54 Å². The number of ether oxygens (including phenoxy) is 1. The Morgan fingerprint density at radius 3 is 3.07 bits per heavy atom. The van der Waals surface area contributed by atoms with Crippen LogP contribution in [0, 0.1) is 0 Å². The highest BCUT2D eigenvalue weighted by Crippen LogP contribution is 2.16. The van der Waals surface area contributed by atoms with Crippen LogP contribution in [0.1, 0.15) is 29.1 Å². The third kappa shape index (κ3) is 1.88. The fraction of sp³-hybridized carbons (Fsp3) is 0.500. The molecule has 1 N–H and O–H groups in total. The first kappa shape index (κ1) is 11.0. The molecule has 1 aromatic heterocycles. The number of hydrogen-bond acceptors (Lipinski definition) is 5. The summed E-state index contributed by atoms with van der Waals surface area (Å²) in [7, 11) is 0. The number of halogens is 1. The van der Waals surface area contributed by atoms with Crippen LogP contribution in [-0.4, -0.2) is 17.6 Å². The monoisotopic (exact) mass is 218 g/mol. The number of carbonyl (C=O) groups is 1. The summed E-state index contributed by atoms with van der Waals surface area (Å²) in [6.45, 7) is 3.39. The first-order valence-corrected chi connectivity index (χ1v) is 4.17. The van der Waals surface area contributed by atoms with Crippen LogP contribution in [-0.2, 0) is 17.8 Å². The number of carbonyl (C=O) groups excluding carboxylic acids is 1. The standard InChI is InChI=1S/C8H10N2O3.ClH/c1-2-12-8(11)7-10-5-3-9-4-6(5)13-7;/h9H,2-4H2,1H3;1H. The highest BCUT2D eigenvalue weighted by molar-refractivity contribution is 5.85. The first-order valence-electron chi connectivity index (χ1n) is 4.17. The summed E-state index contributed by atoms with van der Waals surface area (Å²) in [6.07, 6.45) is 0. The predicted molar refractivity (Wildman–Crippen MR) is 50.3 cm³/mol. The number of nitrogens with zero attached hydrogens (tertiary/aromatic N) is 1. The van der Waals surface area contributed by atoms with E-state index in [0.717, 1.165) is 11.5 Å². The smallest absolute Gasteiger partial charge is 0.394 e. The lowest BCUT2D eigenvalue weighted by Crippen LogP contribution is -2.07. The van der Waals surface area contributed by atoms with Gasteiger partial charge in [0.25, 0.3) is 0 Å². The third-order valence-electron chi connectivity index (χ3n) is 1.81. The molecule has 14 heavy (non-hydrogen) atoms. The summed E-state index contributed by atoms with van der Waals surface area (Å²) in [5, 5.41) is 3.06. The van der Waals surface area contributed by atoms with E-state index in [1.165, 1.54) is 0 Å². The fourth-order valence-electron chi connectivity index (χ4n) is 1.23. The van der Waals surface area contributed by atoms with Gasteiger partial charge in [-0.1, -0.05) is 0 Å². The van der Waals surface area contributed by atoms with E-state index in [-0.39, 0.29) is 18.3 Å². The van der Waals surface area contributed by atoms with Crippen LogP contribution in [0.3, 0.4) is 0 Å². The van der Waals surface area contributed by atoms with Crippen LogP contribution in [0.25, 0.3) is 0 Å². The molecule has 6 heteroatoms. The largest absolute Gasteiger partial charge is 0.459 e. The molecule has 78 valence electrons. The summed E-state index contributed by atoms with van der Waals surface area (Å²) in [5.41, 5.74) is 0.808. The molecule has 0 fully saturated rings. The Labute approximate surface area is 87.2 Å². The highest BCUT2D eigenvalue weighted by atomic mass is 35.5. The maximum Gasteiger partial charge on any atom is 0.394 e. The van der Waals surface area contributed by atoms with E-state index in [4.69, 9.17) is 9.15 Å². The summed E-state index contributed by atoms with van der Waals surface area (Å²) in [5.74, 6) is 0.313. The first-order chi connectivity index (χ1) is 6.31. The average Bonchev–Trinajstić information content (AvgIpc) is 2.61. The molecule has 1 aromatic rings. The van der Waals surface area contributed by atoms with Gasteiger partial charge in [-0.25, -0.2) is 9.78 Å². The Balaban J connectivity index is 0.000000980. The second kappa shape index (κ2) is 4.43. The van der Waals surface area contributed by atoms with Gasteiger partial charge < -0.3 is 14.5 Å². The molecule has 1 aliphatic rings. The van der Waals surface area contributed by atoms with Gasteiger partial charge in [-0.05, 0) is 6.92 Å². The van der Waals surface area contributed by atoms with E-state index < -0.39 is 5.97 Å². The summed E-state index contributed by atoms with van der Waals surface area (Å²) < 4.78 is 9.94. The van der Waals surface area contributed by atoms with Crippen LogP contribution in [0.4, 0.5) is 0 Å². The Morgan fingerprint density at radius 2 is 2.43 bits per heavy atom. The molecular weight excluding hydrogens is 208 g/mol. The molecular formula is C8H11ClN2O3. The zero-order valence-electron chi connectivity index (χ0n) is 7.70. The number of aromatic nitrogens is 1. The molecule has 0 bridgehead atoms. The van der Waals surface area contributed by atoms with Gasteiger partial charge in [0.1, 0.15) is 5.76 Å². The van der Waals surface area contributed by atoms with Crippen LogP contribution in [0.5, 0.6) is 0 Å². The Morgan fingerprint density at radius 1 is 1.64 bits per heavy atom. The summed E-state index contributed by atoms with van der Waals surface area (Å²) >= 11 is 0. The lowest BCUT2D eigenvalue weighted by Gasteiger charge is -1.95. The Bertz CT molecular complexity index is 316. The normalized spacial score (nSPS) is 13.2. The van der Waals surface area contributed by atoms with Crippen molar-refractivity contribution < 1.29 is 13.9 Å². The molecule has 0 radical (unpaired) electrons. The SMILES string of the molecule is CCOC(=O)c1nc2c(o1)CNC2.Cl. The summed E-state index contributed by atoms with van der Waals surface area (Å²) in [4.78, 5) is 15.2. The van der Waals surface area contributed by atoms with Crippen molar-refractivity contribution in [3.8, 4) is 0 Å². The van der Waals surface area contributed by atoms with Crippen LogP contribution >= 0.6 is 12.4 Å². The minimum absolute atomic E-state index is 0. The van der Waals surface area contributed by atoms with Crippen molar-refractivity contribution in [2.24, 2.45) is 0 Å². The quantitative estimate of drug-likeness (QED) is 0.747. The molecule has 2 heterocycles.